The normalized spacial score (nSPS) is 30.4. The lowest BCUT2D eigenvalue weighted by molar-refractivity contribution is 0.157. The molecule has 2 aliphatic rings. The van der Waals surface area contributed by atoms with Crippen LogP contribution in [0.5, 0.6) is 0 Å². The van der Waals surface area contributed by atoms with Gasteiger partial charge in [-0.15, -0.1) is 0 Å². The van der Waals surface area contributed by atoms with E-state index < -0.39 is 31.2 Å². The van der Waals surface area contributed by atoms with Crippen molar-refractivity contribution in [3.63, 3.8) is 0 Å². The highest BCUT2D eigenvalue weighted by atomic mass is 32.2. The van der Waals surface area contributed by atoms with Crippen molar-refractivity contribution >= 4 is 19.9 Å². The van der Waals surface area contributed by atoms with Crippen LogP contribution in [0.4, 0.5) is 0 Å². The second-order valence-corrected chi connectivity index (χ2v) is 10.4. The molecule has 6 nitrogen and oxygen atoms in total. The van der Waals surface area contributed by atoms with E-state index in [2.05, 4.69) is 0 Å². The summed E-state index contributed by atoms with van der Waals surface area (Å²) < 4.78 is 49.6. The summed E-state index contributed by atoms with van der Waals surface area (Å²) >= 11 is 0. The van der Waals surface area contributed by atoms with Crippen molar-refractivity contribution in [2.75, 3.05) is 18.1 Å². The van der Waals surface area contributed by atoms with Crippen LogP contribution in [-0.4, -0.2) is 61.7 Å². The maximum Gasteiger partial charge on any atom is 0.217 e. The van der Waals surface area contributed by atoms with Crippen LogP contribution < -0.4 is 0 Å². The third-order valence-corrected chi connectivity index (χ3v) is 8.35. The number of hydrogen-bond donors (Lipinski definition) is 1. The molecule has 20 heavy (non-hydrogen) atoms. The van der Waals surface area contributed by atoms with Crippen LogP contribution >= 0.6 is 0 Å². The summed E-state index contributed by atoms with van der Waals surface area (Å²) in [6.45, 7) is 2.15. The second kappa shape index (κ2) is 5.90. The summed E-state index contributed by atoms with van der Waals surface area (Å²) in [7, 11) is -6.50. The van der Waals surface area contributed by atoms with E-state index >= 15 is 0 Å². The molecule has 0 aromatic carbocycles. The van der Waals surface area contributed by atoms with E-state index in [1.165, 1.54) is 4.31 Å². The van der Waals surface area contributed by atoms with Gasteiger partial charge in [-0.2, -0.15) is 4.31 Å². The first-order valence-corrected chi connectivity index (χ1v) is 10.4. The Kier molecular flexibility index (Phi) is 4.78. The maximum absolute atomic E-state index is 12.6. The summed E-state index contributed by atoms with van der Waals surface area (Å²) in [5, 5.41) is 8.89. The average Bonchev–Trinajstić information content (AvgIpc) is 2.76. The van der Waals surface area contributed by atoms with Gasteiger partial charge in [-0.3, -0.25) is 0 Å². The Morgan fingerprint density at radius 2 is 1.85 bits per heavy atom. The van der Waals surface area contributed by atoms with Crippen molar-refractivity contribution in [1.82, 2.24) is 4.31 Å². The fourth-order valence-corrected chi connectivity index (χ4v) is 7.13. The van der Waals surface area contributed by atoms with Crippen molar-refractivity contribution < 1.29 is 21.9 Å². The lowest BCUT2D eigenvalue weighted by atomic mass is 10.1. The van der Waals surface area contributed by atoms with Crippen molar-refractivity contribution in [1.29, 1.82) is 0 Å². The maximum atomic E-state index is 12.6. The van der Waals surface area contributed by atoms with Gasteiger partial charge < -0.3 is 5.11 Å². The molecule has 0 radical (unpaired) electrons. The zero-order valence-corrected chi connectivity index (χ0v) is 13.4. The first-order valence-electron chi connectivity index (χ1n) is 7.11. The van der Waals surface area contributed by atoms with E-state index in [4.69, 9.17) is 0 Å². The van der Waals surface area contributed by atoms with E-state index in [1.807, 2.05) is 0 Å². The standard InChI is InChI=1S/C12H23NO5S2/c1-10(14)9-11-3-2-6-13(11)20(17,18)12-4-7-19(15,16)8-5-12/h10-12,14H,2-9H2,1H3. The zero-order chi connectivity index (χ0) is 15.0. The predicted molar refractivity (Wildman–Crippen MR) is 76.6 cm³/mol. The molecule has 2 fully saturated rings. The molecule has 2 saturated heterocycles. The Morgan fingerprint density at radius 3 is 2.40 bits per heavy atom. The molecule has 2 atom stereocenters. The van der Waals surface area contributed by atoms with Gasteiger partial charge in [0.15, 0.2) is 0 Å². The summed E-state index contributed by atoms with van der Waals surface area (Å²) in [5.41, 5.74) is 0. The number of hydrogen-bond acceptors (Lipinski definition) is 5. The van der Waals surface area contributed by atoms with Crippen LogP contribution in [0, 0.1) is 0 Å². The number of sulfone groups is 1. The van der Waals surface area contributed by atoms with Crippen LogP contribution in [0.2, 0.25) is 0 Å². The van der Waals surface area contributed by atoms with E-state index in [1.54, 1.807) is 6.92 Å². The Hall–Kier alpha value is -0.180. The first kappa shape index (κ1) is 16.2. The Morgan fingerprint density at radius 1 is 1.25 bits per heavy atom. The SMILES string of the molecule is CC(O)CC1CCCN1S(=O)(=O)C1CCS(=O)(=O)CC1. The highest BCUT2D eigenvalue weighted by Crippen LogP contribution is 2.30. The van der Waals surface area contributed by atoms with Gasteiger partial charge in [0.05, 0.1) is 22.9 Å². The molecular formula is C12H23NO5S2. The van der Waals surface area contributed by atoms with Crippen LogP contribution in [-0.2, 0) is 19.9 Å². The molecule has 0 amide bonds. The van der Waals surface area contributed by atoms with E-state index in [9.17, 15) is 21.9 Å². The summed E-state index contributed by atoms with van der Waals surface area (Å²) in [4.78, 5) is 0. The Labute approximate surface area is 121 Å². The van der Waals surface area contributed by atoms with Crippen molar-refractivity contribution in [3.05, 3.63) is 0 Å². The summed E-state index contributed by atoms with van der Waals surface area (Å²) in [5.74, 6) is -0.0718. The predicted octanol–water partition coefficient (Wildman–Crippen LogP) is 0.129. The molecule has 8 heteroatoms. The fraction of sp³-hybridized carbons (Fsp3) is 1.00. The zero-order valence-electron chi connectivity index (χ0n) is 11.7. The molecule has 0 aromatic heterocycles. The minimum Gasteiger partial charge on any atom is -0.393 e. The molecule has 2 heterocycles. The number of rotatable bonds is 4. The number of aliphatic hydroxyl groups is 1. The molecule has 2 aliphatic heterocycles. The topological polar surface area (TPSA) is 91.8 Å². The van der Waals surface area contributed by atoms with Crippen LogP contribution in [0.25, 0.3) is 0 Å². The van der Waals surface area contributed by atoms with Crippen molar-refractivity contribution in [2.24, 2.45) is 0 Å². The molecule has 0 aliphatic carbocycles. The molecule has 1 N–H and O–H groups in total. The molecule has 0 saturated carbocycles. The highest BCUT2D eigenvalue weighted by molar-refractivity contribution is 7.92. The minimum absolute atomic E-state index is 0.0359. The largest absolute Gasteiger partial charge is 0.393 e. The van der Waals surface area contributed by atoms with Gasteiger partial charge in [0, 0.05) is 12.6 Å². The lowest BCUT2D eigenvalue weighted by Gasteiger charge is -2.31. The van der Waals surface area contributed by atoms with Gasteiger partial charge in [0.25, 0.3) is 0 Å². The molecule has 2 unspecified atom stereocenters. The smallest absolute Gasteiger partial charge is 0.217 e. The minimum atomic E-state index is -3.45. The molecular weight excluding hydrogens is 302 g/mol. The molecule has 0 spiro atoms. The third-order valence-electron chi connectivity index (χ3n) is 4.19. The Balaban J connectivity index is 2.10. The Bertz CT molecular complexity index is 526. The molecule has 118 valence electrons. The van der Waals surface area contributed by atoms with Gasteiger partial charge in [-0.05, 0) is 39.0 Å². The van der Waals surface area contributed by atoms with Gasteiger partial charge in [-0.1, -0.05) is 0 Å². The van der Waals surface area contributed by atoms with Crippen molar-refractivity contribution in [3.8, 4) is 0 Å². The van der Waals surface area contributed by atoms with Crippen LogP contribution in [0.3, 0.4) is 0 Å². The third kappa shape index (κ3) is 3.52. The molecule has 0 aromatic rings. The van der Waals surface area contributed by atoms with Crippen LogP contribution in [0.15, 0.2) is 0 Å². The van der Waals surface area contributed by atoms with Crippen molar-refractivity contribution in [2.45, 2.75) is 56.4 Å². The second-order valence-electron chi connectivity index (χ2n) is 5.89. The quantitative estimate of drug-likeness (QED) is 0.793. The van der Waals surface area contributed by atoms with Crippen LogP contribution in [0.1, 0.15) is 39.0 Å². The average molecular weight is 325 g/mol. The van der Waals surface area contributed by atoms with Gasteiger partial charge in [0.2, 0.25) is 10.0 Å². The molecule has 2 rings (SSSR count). The summed E-state index contributed by atoms with van der Waals surface area (Å²) in [6.07, 6.45) is 1.90. The van der Waals surface area contributed by atoms with E-state index in [0.29, 0.717) is 13.0 Å². The monoisotopic (exact) mass is 325 g/mol. The fourth-order valence-electron chi connectivity index (χ4n) is 3.13. The number of nitrogens with zero attached hydrogens (tertiary/aromatic N) is 1. The highest BCUT2D eigenvalue weighted by Gasteiger charge is 2.41. The van der Waals surface area contributed by atoms with E-state index in [0.717, 1.165) is 12.8 Å². The number of aliphatic hydroxyl groups excluding tert-OH is 1. The first-order chi connectivity index (χ1) is 9.22. The molecule has 0 bridgehead atoms. The van der Waals surface area contributed by atoms with E-state index in [-0.39, 0.29) is 30.4 Å². The van der Waals surface area contributed by atoms with Gasteiger partial charge >= 0.3 is 0 Å². The number of sulfonamides is 1. The van der Waals surface area contributed by atoms with Gasteiger partial charge in [0.1, 0.15) is 9.84 Å². The summed E-state index contributed by atoms with van der Waals surface area (Å²) in [6, 6.07) is -0.140. The van der Waals surface area contributed by atoms with Gasteiger partial charge in [-0.25, -0.2) is 16.8 Å². The lowest BCUT2D eigenvalue weighted by Crippen LogP contribution is -2.45.